The number of nitrogens with one attached hydrogen (secondary N) is 4. The minimum atomic E-state index is -5.24. The molecule has 0 amide bonds. The number of benzene rings is 4. The molecule has 7 rings (SSSR count). The van der Waals surface area contributed by atoms with Gasteiger partial charge in [-0.2, -0.15) is 44.6 Å². The maximum absolute atomic E-state index is 14.6. The van der Waals surface area contributed by atoms with Crippen molar-refractivity contribution in [2.24, 2.45) is 4.99 Å². The van der Waals surface area contributed by atoms with Gasteiger partial charge < -0.3 is 34.6 Å². The first-order valence-corrected chi connectivity index (χ1v) is 26.5. The number of ether oxygens (including phenoxy) is 1. The lowest BCUT2D eigenvalue weighted by Gasteiger charge is -2.27. The first-order valence-electron chi connectivity index (χ1n) is 18.4. The molecule has 10 N–H and O–H groups in total. The zero-order valence-corrected chi connectivity index (χ0v) is 39.6. The fourth-order valence-electron chi connectivity index (χ4n) is 6.25. The van der Waals surface area contributed by atoms with Crippen molar-refractivity contribution in [1.29, 1.82) is 0 Å². The summed E-state index contributed by atoms with van der Waals surface area (Å²) in [5.74, 6) is -3.78. The Morgan fingerprint density at radius 2 is 1.52 bits per heavy atom. The Hall–Kier alpha value is -5.79. The number of hydrogen-bond acceptors (Lipinski definition) is 24. The molecule has 0 saturated heterocycles. The van der Waals surface area contributed by atoms with Crippen LogP contribution >= 0.6 is 34.4 Å². The summed E-state index contributed by atoms with van der Waals surface area (Å²) >= 11 is 8.81. The van der Waals surface area contributed by atoms with Crippen molar-refractivity contribution in [2.75, 3.05) is 40.2 Å². The van der Waals surface area contributed by atoms with Crippen LogP contribution in [0.1, 0.15) is 6.92 Å². The van der Waals surface area contributed by atoms with Crippen molar-refractivity contribution in [3.05, 3.63) is 82.5 Å². The van der Waals surface area contributed by atoms with Gasteiger partial charge in [-0.1, -0.05) is 23.2 Å². The van der Waals surface area contributed by atoms with Crippen LogP contribution in [0.2, 0.25) is 10.0 Å². The van der Waals surface area contributed by atoms with Crippen LogP contribution in [-0.4, -0.2) is 106 Å². The molecule has 0 radical (unpaired) electrons. The molecule has 0 saturated carbocycles. The third-order valence-corrected chi connectivity index (χ3v) is 14.1. The Kier molecular flexibility index (Phi) is 13.9. The standard InChI is InChI=1S/C34H30Cl2FN9O18S5/c1-14(39-33-44-32(37)45-34(46-33)41-16-3-5-17(6-4-16)65(47,48)12-11-61-68(55,56)57)13-38-20-9-7-18-26(30(20)66(49,50)51)62-28-22(35)25-29(23(36)24(28)42-18)63-27-19(43-25)8-10-21(31(27)67(52,53)54)40-15(2)64-69(58,59)60/h3-10,14,38,42,58-60H,2,11-13H2,1H3,(H,49,50,51)(H,52,53,54)(H,55,56,57)(H2,39,41,44,45,46)/b40-21-. The SMILES string of the molecule is C=C(/N=c1/ccc2nc3c(Cl)c4c(c(Cl)c3oc-2c1S(=O)(=O)O)Nc1ccc(NCC(C)Nc2nc(F)nc(Nc3ccc(S(=O)(=O)CCOS(=O)(=O)O)cc3)n2)c(S(=O)(=O)O)c1O4)OS(O)(O)O. The summed E-state index contributed by atoms with van der Waals surface area (Å²) in [6, 6.07) is 8.78. The van der Waals surface area contributed by atoms with Crippen molar-refractivity contribution in [1.82, 2.24) is 19.9 Å². The van der Waals surface area contributed by atoms with Gasteiger partial charge in [0.1, 0.15) is 26.9 Å². The number of hydrogen-bond donors (Lipinski definition) is 10. The second-order valence-electron chi connectivity index (χ2n) is 13.9. The van der Waals surface area contributed by atoms with E-state index in [2.05, 4.69) is 61.1 Å². The smallest absolute Gasteiger partial charge is 0.397 e. The zero-order chi connectivity index (χ0) is 50.6. The Balaban J connectivity index is 1.12. The second kappa shape index (κ2) is 18.8. The van der Waals surface area contributed by atoms with Gasteiger partial charge in [0.05, 0.1) is 34.0 Å². The maximum Gasteiger partial charge on any atom is 0.397 e. The average Bonchev–Trinajstić information content (AvgIpc) is 3.21. The summed E-state index contributed by atoms with van der Waals surface area (Å²) in [5.41, 5.74) is -1.27. The molecular formula is C34H30Cl2FN9O18S5. The highest BCUT2D eigenvalue weighted by molar-refractivity contribution is 8.15. The van der Waals surface area contributed by atoms with Crippen molar-refractivity contribution in [3.63, 3.8) is 0 Å². The number of aromatic nitrogens is 4. The molecule has 2 aliphatic heterocycles. The molecule has 1 aromatic heterocycles. The van der Waals surface area contributed by atoms with Crippen LogP contribution in [0.4, 0.5) is 39.0 Å². The van der Waals surface area contributed by atoms with Crippen molar-refractivity contribution >= 4 is 121 Å². The highest BCUT2D eigenvalue weighted by Gasteiger charge is 2.35. The predicted molar refractivity (Wildman–Crippen MR) is 242 cm³/mol. The van der Waals surface area contributed by atoms with E-state index in [1.165, 1.54) is 24.3 Å². The second-order valence-corrected chi connectivity index (χ2v) is 21.7. The third kappa shape index (κ3) is 11.8. The maximum atomic E-state index is 14.6. The Bertz CT molecular complexity index is 3590. The van der Waals surface area contributed by atoms with E-state index in [0.29, 0.717) is 0 Å². The van der Waals surface area contributed by atoms with Gasteiger partial charge in [0, 0.05) is 18.3 Å². The molecule has 3 heterocycles. The van der Waals surface area contributed by atoms with Crippen LogP contribution in [0.15, 0.2) is 85.1 Å². The van der Waals surface area contributed by atoms with E-state index >= 15 is 0 Å². The third-order valence-electron chi connectivity index (χ3n) is 8.96. The highest BCUT2D eigenvalue weighted by atomic mass is 35.5. The van der Waals surface area contributed by atoms with E-state index in [4.69, 9.17) is 36.9 Å². The zero-order valence-electron chi connectivity index (χ0n) is 34.0. The van der Waals surface area contributed by atoms with E-state index in [1.807, 2.05) is 0 Å². The number of sulfone groups is 1. The molecule has 1 atom stereocenters. The van der Waals surface area contributed by atoms with Crippen LogP contribution in [0.25, 0.3) is 22.6 Å². The largest absolute Gasteiger partial charge is 0.450 e. The fraction of sp³-hybridized carbons (Fsp3) is 0.147. The van der Waals surface area contributed by atoms with Crippen LogP contribution in [0.3, 0.4) is 0 Å². The quantitative estimate of drug-likeness (QED) is 0.0298. The molecule has 4 aromatic rings. The minimum absolute atomic E-state index is 0.103. The van der Waals surface area contributed by atoms with Gasteiger partial charge in [-0.25, -0.2) is 22.6 Å². The molecule has 3 aromatic carbocycles. The van der Waals surface area contributed by atoms with E-state index in [9.17, 15) is 60.8 Å². The fourth-order valence-corrected chi connectivity index (χ4v) is 10.1. The van der Waals surface area contributed by atoms with Gasteiger partial charge in [-0.3, -0.25) is 27.3 Å². The highest BCUT2D eigenvalue weighted by Crippen LogP contribution is 2.55. The van der Waals surface area contributed by atoms with Crippen molar-refractivity contribution in [2.45, 2.75) is 27.7 Å². The van der Waals surface area contributed by atoms with Crippen LogP contribution in [-0.2, 0) is 48.8 Å². The van der Waals surface area contributed by atoms with E-state index in [1.54, 1.807) is 6.92 Å². The van der Waals surface area contributed by atoms with Crippen molar-refractivity contribution < 1.29 is 82.9 Å². The van der Waals surface area contributed by atoms with Gasteiger partial charge in [0.25, 0.3) is 21.3 Å². The molecule has 370 valence electrons. The van der Waals surface area contributed by atoms with Crippen LogP contribution < -0.4 is 31.4 Å². The molecule has 35 heteroatoms. The summed E-state index contributed by atoms with van der Waals surface area (Å²) in [6.07, 6.45) is -1.24. The lowest BCUT2D eigenvalue weighted by Crippen LogP contribution is -2.27. The van der Waals surface area contributed by atoms with Gasteiger partial charge in [-0.05, 0) is 62.0 Å². The summed E-state index contributed by atoms with van der Waals surface area (Å²) in [5, 5.41) is 9.77. The Morgan fingerprint density at radius 3 is 2.16 bits per heavy atom. The summed E-state index contributed by atoms with van der Waals surface area (Å²) < 4.78 is 189. The summed E-state index contributed by atoms with van der Waals surface area (Å²) in [4.78, 5) is 17.2. The molecule has 27 nitrogen and oxygen atoms in total. The monoisotopic (exact) mass is 1100 g/mol. The number of anilines is 6. The molecule has 69 heavy (non-hydrogen) atoms. The molecule has 0 bridgehead atoms. The number of nitrogens with zero attached hydrogens (tertiary/aromatic N) is 5. The average molecular weight is 1100 g/mol. The van der Waals surface area contributed by atoms with Gasteiger partial charge in [0.15, 0.2) is 42.5 Å². The van der Waals surface area contributed by atoms with Crippen molar-refractivity contribution in [3.8, 4) is 23.0 Å². The van der Waals surface area contributed by atoms with Gasteiger partial charge in [-0.15, -0.1) is 0 Å². The van der Waals surface area contributed by atoms with Gasteiger partial charge >= 0.3 is 26.6 Å². The predicted octanol–water partition coefficient (Wildman–Crippen LogP) is 5.68. The first-order chi connectivity index (χ1) is 32.0. The lowest BCUT2D eigenvalue weighted by molar-refractivity contribution is 0.246. The lowest BCUT2D eigenvalue weighted by atomic mass is 10.1. The van der Waals surface area contributed by atoms with E-state index < -0.39 is 114 Å². The Labute approximate surface area is 399 Å². The normalized spacial score (nSPS) is 14.0. The Morgan fingerprint density at radius 1 is 0.855 bits per heavy atom. The summed E-state index contributed by atoms with van der Waals surface area (Å²) in [6.45, 7) is 3.80. The molecule has 0 fully saturated rings. The number of halogens is 3. The van der Waals surface area contributed by atoms with E-state index in [-0.39, 0.29) is 73.1 Å². The number of rotatable bonds is 17. The molecular weight excluding hydrogens is 1070 g/mol. The number of fused-ring (bicyclic) bond motifs is 4. The van der Waals surface area contributed by atoms with Gasteiger partial charge in [0.2, 0.25) is 17.8 Å². The topological polar surface area (TPSA) is 411 Å². The van der Waals surface area contributed by atoms with E-state index in [0.717, 1.165) is 24.3 Å². The van der Waals surface area contributed by atoms with Crippen LogP contribution in [0.5, 0.6) is 11.5 Å². The first kappa shape index (κ1) is 51.1. The molecule has 1 unspecified atom stereocenters. The molecule has 0 spiro atoms. The van der Waals surface area contributed by atoms with Crippen LogP contribution in [0, 0.1) is 6.08 Å². The molecule has 1 aliphatic carbocycles. The minimum Gasteiger partial charge on any atom is -0.450 e. The summed E-state index contributed by atoms with van der Waals surface area (Å²) in [7, 11) is -19.3. The molecule has 3 aliphatic rings.